The predicted octanol–water partition coefficient (Wildman–Crippen LogP) is 4.57. The molecule has 1 amide bonds. The summed E-state index contributed by atoms with van der Waals surface area (Å²) in [5, 5.41) is 5.38. The highest BCUT2D eigenvalue weighted by atomic mass is 79.9. The fourth-order valence-electron chi connectivity index (χ4n) is 1.46. The summed E-state index contributed by atoms with van der Waals surface area (Å²) >= 11 is 9.03. The maximum Gasteiger partial charge on any atom is 0.258 e. The lowest BCUT2D eigenvalue weighted by Gasteiger charge is -2.05. The molecule has 0 fully saturated rings. The first kappa shape index (κ1) is 14.6. The first-order chi connectivity index (χ1) is 8.97. The second kappa shape index (κ2) is 6.07. The summed E-state index contributed by atoms with van der Waals surface area (Å²) in [4.78, 5) is 17.3. The average Bonchev–Trinajstić information content (AvgIpc) is 2.80. The number of nitrogens with zero attached hydrogens (tertiary/aromatic N) is 1. The van der Waals surface area contributed by atoms with E-state index in [1.54, 1.807) is 12.1 Å². The Labute approximate surface area is 130 Å². The Hall–Kier alpha value is -0.850. The van der Waals surface area contributed by atoms with Gasteiger partial charge in [-0.3, -0.25) is 10.1 Å². The summed E-state index contributed by atoms with van der Waals surface area (Å²) in [5.41, 5.74) is 1.54. The van der Waals surface area contributed by atoms with Crippen LogP contribution in [0.5, 0.6) is 0 Å². The second-order valence-corrected chi connectivity index (χ2v) is 6.58. The van der Waals surface area contributed by atoms with Crippen molar-refractivity contribution >= 4 is 50.9 Å². The number of halogens is 1. The first-order valence-corrected chi connectivity index (χ1v) is 7.84. The minimum Gasteiger partial charge on any atom is -0.298 e. The maximum absolute atomic E-state index is 12.2. The van der Waals surface area contributed by atoms with Gasteiger partial charge in [0.25, 0.3) is 5.91 Å². The van der Waals surface area contributed by atoms with Crippen molar-refractivity contribution in [2.45, 2.75) is 24.7 Å². The summed E-state index contributed by atoms with van der Waals surface area (Å²) in [6.45, 7) is 4.14. The van der Waals surface area contributed by atoms with Crippen LogP contribution in [0.25, 0.3) is 0 Å². The number of aromatic nitrogens is 1. The van der Waals surface area contributed by atoms with Gasteiger partial charge in [0, 0.05) is 14.7 Å². The van der Waals surface area contributed by atoms with E-state index in [2.05, 4.69) is 52.7 Å². The van der Waals surface area contributed by atoms with Crippen molar-refractivity contribution in [2.24, 2.45) is 0 Å². The van der Waals surface area contributed by atoms with Crippen molar-refractivity contribution in [3.05, 3.63) is 39.3 Å². The largest absolute Gasteiger partial charge is 0.298 e. The molecule has 6 heteroatoms. The van der Waals surface area contributed by atoms with Gasteiger partial charge in [-0.05, 0) is 40.0 Å². The zero-order valence-corrected chi connectivity index (χ0v) is 13.8. The third-order valence-electron chi connectivity index (χ3n) is 2.53. The molecule has 0 aliphatic heterocycles. The molecule has 100 valence electrons. The molecule has 19 heavy (non-hydrogen) atoms. The highest BCUT2D eigenvalue weighted by molar-refractivity contribution is 9.10. The maximum atomic E-state index is 12.2. The number of amides is 1. The second-order valence-electron chi connectivity index (χ2n) is 4.35. The molecule has 0 saturated heterocycles. The van der Waals surface area contributed by atoms with E-state index in [9.17, 15) is 4.79 Å². The molecule has 0 aliphatic rings. The zero-order valence-electron chi connectivity index (χ0n) is 10.5. The first-order valence-electron chi connectivity index (χ1n) is 5.72. The molecule has 0 radical (unpaired) electrons. The van der Waals surface area contributed by atoms with Crippen molar-refractivity contribution in [1.82, 2.24) is 4.98 Å². The molecule has 3 nitrogen and oxygen atoms in total. The van der Waals surface area contributed by atoms with Crippen molar-refractivity contribution in [3.63, 3.8) is 0 Å². The third kappa shape index (κ3) is 3.58. The number of hydrogen-bond donors (Lipinski definition) is 2. The standard InChI is InChI=1S/C13H13BrN2OS2/c1-7(2)11-6-19-13(15-11)16-12(17)9-5-8(18)3-4-10(9)14/h3-7,18H,1-2H3,(H,15,16,17). The minimum absolute atomic E-state index is 0.188. The Morgan fingerprint density at radius 1 is 1.47 bits per heavy atom. The van der Waals surface area contributed by atoms with Crippen molar-refractivity contribution in [3.8, 4) is 0 Å². The fraction of sp³-hybridized carbons (Fsp3) is 0.231. The number of hydrogen-bond acceptors (Lipinski definition) is 4. The Kier molecular flexibility index (Phi) is 4.65. The average molecular weight is 357 g/mol. The number of benzene rings is 1. The van der Waals surface area contributed by atoms with Gasteiger partial charge < -0.3 is 0 Å². The number of anilines is 1. The zero-order chi connectivity index (χ0) is 14.0. The van der Waals surface area contributed by atoms with Crippen LogP contribution in [-0.2, 0) is 0 Å². The lowest BCUT2D eigenvalue weighted by Crippen LogP contribution is -2.12. The van der Waals surface area contributed by atoms with Crippen LogP contribution in [0.15, 0.2) is 32.9 Å². The number of carbonyl (C=O) groups is 1. The lowest BCUT2D eigenvalue weighted by atomic mass is 10.2. The number of nitrogens with one attached hydrogen (secondary N) is 1. The van der Waals surface area contributed by atoms with Gasteiger partial charge in [0.1, 0.15) is 0 Å². The van der Waals surface area contributed by atoms with Gasteiger partial charge >= 0.3 is 0 Å². The normalized spacial score (nSPS) is 10.8. The molecule has 1 heterocycles. The Morgan fingerprint density at radius 3 is 2.84 bits per heavy atom. The topological polar surface area (TPSA) is 42.0 Å². The van der Waals surface area contributed by atoms with E-state index in [-0.39, 0.29) is 5.91 Å². The third-order valence-corrected chi connectivity index (χ3v) is 4.27. The van der Waals surface area contributed by atoms with Crippen LogP contribution >= 0.6 is 39.9 Å². The van der Waals surface area contributed by atoms with Crippen molar-refractivity contribution < 1.29 is 4.79 Å². The molecule has 0 unspecified atom stereocenters. The lowest BCUT2D eigenvalue weighted by molar-refractivity contribution is 0.102. The summed E-state index contributed by atoms with van der Waals surface area (Å²) in [7, 11) is 0. The highest BCUT2D eigenvalue weighted by Gasteiger charge is 2.13. The van der Waals surface area contributed by atoms with Crippen LogP contribution < -0.4 is 5.32 Å². The summed E-state index contributed by atoms with van der Waals surface area (Å²) in [6, 6.07) is 5.35. The van der Waals surface area contributed by atoms with Gasteiger partial charge in [-0.1, -0.05) is 13.8 Å². The molecular formula is C13H13BrN2OS2. The van der Waals surface area contributed by atoms with Crippen molar-refractivity contribution in [2.75, 3.05) is 5.32 Å². The van der Waals surface area contributed by atoms with E-state index in [4.69, 9.17) is 0 Å². The van der Waals surface area contributed by atoms with E-state index in [0.717, 1.165) is 15.1 Å². The van der Waals surface area contributed by atoms with Crippen LogP contribution in [-0.4, -0.2) is 10.9 Å². The highest BCUT2D eigenvalue weighted by Crippen LogP contribution is 2.24. The Morgan fingerprint density at radius 2 is 2.21 bits per heavy atom. The molecular weight excluding hydrogens is 344 g/mol. The minimum atomic E-state index is -0.188. The smallest absolute Gasteiger partial charge is 0.258 e. The number of thiol groups is 1. The molecule has 1 N–H and O–H groups in total. The molecule has 0 saturated carbocycles. The Balaban J connectivity index is 2.18. The SMILES string of the molecule is CC(C)c1csc(NC(=O)c2cc(S)ccc2Br)n1. The number of carbonyl (C=O) groups excluding carboxylic acids is 1. The monoisotopic (exact) mass is 356 g/mol. The van der Waals surface area contributed by atoms with E-state index in [1.807, 2.05) is 11.4 Å². The van der Waals surface area contributed by atoms with Gasteiger partial charge in [-0.15, -0.1) is 24.0 Å². The quantitative estimate of drug-likeness (QED) is 0.790. The van der Waals surface area contributed by atoms with E-state index < -0.39 is 0 Å². The molecule has 2 rings (SSSR count). The van der Waals surface area contributed by atoms with Crippen LogP contribution in [0.3, 0.4) is 0 Å². The van der Waals surface area contributed by atoms with E-state index >= 15 is 0 Å². The predicted molar refractivity (Wildman–Crippen MR) is 85.6 cm³/mol. The molecule has 0 aliphatic carbocycles. The molecule has 0 atom stereocenters. The summed E-state index contributed by atoms with van der Waals surface area (Å²) in [5.74, 6) is 0.168. The molecule has 1 aromatic heterocycles. The summed E-state index contributed by atoms with van der Waals surface area (Å²) in [6.07, 6.45) is 0. The molecule has 2 aromatic rings. The molecule has 0 spiro atoms. The van der Waals surface area contributed by atoms with Gasteiger partial charge in [0.05, 0.1) is 11.3 Å². The summed E-state index contributed by atoms with van der Waals surface area (Å²) < 4.78 is 0.739. The van der Waals surface area contributed by atoms with Crippen LogP contribution in [0.4, 0.5) is 5.13 Å². The number of thiazole rings is 1. The molecule has 1 aromatic carbocycles. The van der Waals surface area contributed by atoms with Crippen LogP contribution in [0, 0.1) is 0 Å². The van der Waals surface area contributed by atoms with Crippen LogP contribution in [0.1, 0.15) is 35.8 Å². The van der Waals surface area contributed by atoms with E-state index in [1.165, 1.54) is 11.3 Å². The van der Waals surface area contributed by atoms with Gasteiger partial charge in [0.15, 0.2) is 5.13 Å². The number of rotatable bonds is 3. The van der Waals surface area contributed by atoms with Gasteiger partial charge in [-0.2, -0.15) is 0 Å². The molecule has 0 bridgehead atoms. The van der Waals surface area contributed by atoms with Gasteiger partial charge in [0.2, 0.25) is 0 Å². The van der Waals surface area contributed by atoms with Gasteiger partial charge in [-0.25, -0.2) is 4.98 Å². The van der Waals surface area contributed by atoms with E-state index in [0.29, 0.717) is 16.6 Å². The fourth-order valence-corrected chi connectivity index (χ4v) is 2.96. The van der Waals surface area contributed by atoms with Crippen LogP contribution in [0.2, 0.25) is 0 Å². The Bertz CT molecular complexity index is 610. The van der Waals surface area contributed by atoms with Crippen molar-refractivity contribution in [1.29, 1.82) is 0 Å².